The fraction of sp³-hybridized carbons (Fsp3) is 0.207. The largest absolute Gasteiger partial charge is 0.334 e. The van der Waals surface area contributed by atoms with E-state index in [0.717, 1.165) is 41.6 Å². The minimum atomic E-state index is -0.574. The molecular weight excluding hydrogens is 455 g/mol. The smallest absolute Gasteiger partial charge is 0.326 e. The number of amides is 2. The number of benzene rings is 3. The van der Waals surface area contributed by atoms with Gasteiger partial charge in [0.15, 0.2) is 0 Å². The summed E-state index contributed by atoms with van der Waals surface area (Å²) < 4.78 is 19.5. The second-order valence-corrected chi connectivity index (χ2v) is 9.37. The van der Waals surface area contributed by atoms with Crippen LogP contribution < -0.4 is 10.2 Å². The molecule has 1 aromatic heterocycles. The molecule has 180 valence electrons. The van der Waals surface area contributed by atoms with E-state index in [0.29, 0.717) is 23.0 Å². The Morgan fingerprint density at radius 1 is 1.00 bits per heavy atom. The van der Waals surface area contributed by atoms with Gasteiger partial charge in [0.1, 0.15) is 5.82 Å². The predicted octanol–water partition coefficient (Wildman–Crippen LogP) is 6.37. The topological polar surface area (TPSA) is 71.3 Å². The highest BCUT2D eigenvalue weighted by Crippen LogP contribution is 2.40. The van der Waals surface area contributed by atoms with Crippen LogP contribution in [-0.2, 0) is 12.8 Å². The number of nitrogens with zero attached hydrogens (tertiary/aromatic N) is 3. The molecule has 6 nitrogen and oxygen atoms in total. The van der Waals surface area contributed by atoms with Crippen LogP contribution >= 0.6 is 0 Å². The van der Waals surface area contributed by atoms with E-state index in [4.69, 9.17) is 9.51 Å². The van der Waals surface area contributed by atoms with Gasteiger partial charge in [0, 0.05) is 11.3 Å². The number of hydrogen-bond donors (Lipinski definition) is 1. The van der Waals surface area contributed by atoms with Gasteiger partial charge in [-0.05, 0) is 80.1 Å². The van der Waals surface area contributed by atoms with E-state index in [1.165, 1.54) is 23.3 Å². The van der Waals surface area contributed by atoms with Gasteiger partial charge in [0.05, 0.1) is 17.3 Å². The molecule has 2 heterocycles. The number of anilines is 1. The Morgan fingerprint density at radius 3 is 2.61 bits per heavy atom. The minimum Gasteiger partial charge on any atom is -0.334 e. The zero-order chi connectivity index (χ0) is 24.8. The van der Waals surface area contributed by atoms with E-state index < -0.39 is 6.04 Å². The zero-order valence-electron chi connectivity index (χ0n) is 20.1. The fourth-order valence-corrected chi connectivity index (χ4v) is 5.17. The lowest BCUT2D eigenvalue weighted by atomic mass is 9.94. The van der Waals surface area contributed by atoms with Crippen LogP contribution in [0.2, 0.25) is 0 Å². The number of halogens is 1. The van der Waals surface area contributed by atoms with Crippen LogP contribution in [0, 0.1) is 12.7 Å². The van der Waals surface area contributed by atoms with E-state index in [2.05, 4.69) is 22.6 Å². The highest BCUT2D eigenvalue weighted by atomic mass is 19.1. The standard InChI is InChI=1S/C29H25FN4O2/c1-17-5-3-8-22(15-17)27-32-28(36-33-27)25-18(2)34(24-14-11-19-6-4-7-21(19)16-24)29(35)31-26(25)20-9-12-23(30)13-10-20/h3,5,8-16,26H,4,6-7H2,1-2H3,(H,31,35). The molecule has 4 aromatic rings. The number of carbonyl (C=O) groups is 1. The SMILES string of the molecule is CC1=C(c2nc(-c3cccc(C)c3)no2)C(c2ccc(F)cc2)NC(=O)N1c1ccc2c(c1)CCC2. The minimum absolute atomic E-state index is 0.262. The molecule has 7 heteroatoms. The molecule has 1 N–H and O–H groups in total. The van der Waals surface area contributed by atoms with Crippen LogP contribution in [0.4, 0.5) is 14.9 Å². The van der Waals surface area contributed by atoms with Gasteiger partial charge in [-0.2, -0.15) is 4.98 Å². The summed E-state index contributed by atoms with van der Waals surface area (Å²) in [5.74, 6) is 0.430. The van der Waals surface area contributed by atoms with Gasteiger partial charge in [0.2, 0.25) is 5.82 Å². The maximum Gasteiger partial charge on any atom is 0.326 e. The van der Waals surface area contributed by atoms with Gasteiger partial charge in [-0.3, -0.25) is 4.90 Å². The normalized spacial score (nSPS) is 17.4. The quantitative estimate of drug-likeness (QED) is 0.368. The van der Waals surface area contributed by atoms with Crippen LogP contribution in [0.1, 0.15) is 47.5 Å². The summed E-state index contributed by atoms with van der Waals surface area (Å²) in [7, 11) is 0. The average Bonchev–Trinajstić information content (AvgIpc) is 3.54. The van der Waals surface area contributed by atoms with Crippen LogP contribution in [0.5, 0.6) is 0 Å². The number of urea groups is 1. The molecule has 0 fully saturated rings. The van der Waals surface area contributed by atoms with Gasteiger partial charge in [-0.15, -0.1) is 0 Å². The predicted molar refractivity (Wildman–Crippen MR) is 136 cm³/mol. The Hall–Kier alpha value is -4.26. The summed E-state index contributed by atoms with van der Waals surface area (Å²) in [4.78, 5) is 19.8. The maximum atomic E-state index is 13.7. The number of fused-ring (bicyclic) bond motifs is 1. The van der Waals surface area contributed by atoms with Crippen molar-refractivity contribution in [3.05, 3.63) is 106 Å². The molecular formula is C29H25FN4O2. The van der Waals surface area contributed by atoms with E-state index >= 15 is 0 Å². The third kappa shape index (κ3) is 3.86. The summed E-state index contributed by atoms with van der Waals surface area (Å²) in [5, 5.41) is 7.32. The molecule has 0 spiro atoms. The molecule has 0 radical (unpaired) electrons. The van der Waals surface area contributed by atoms with Crippen LogP contribution in [-0.4, -0.2) is 16.2 Å². The van der Waals surface area contributed by atoms with Gasteiger partial charge in [-0.1, -0.05) is 47.1 Å². The van der Waals surface area contributed by atoms with Crippen LogP contribution in [0.15, 0.2) is 77.0 Å². The van der Waals surface area contributed by atoms with Crippen molar-refractivity contribution in [3.8, 4) is 11.4 Å². The molecule has 1 aliphatic carbocycles. The Kier molecular flexibility index (Phi) is 5.40. The van der Waals surface area contributed by atoms with Crippen molar-refractivity contribution in [1.82, 2.24) is 15.5 Å². The molecule has 0 bridgehead atoms. The fourth-order valence-electron chi connectivity index (χ4n) is 5.17. The zero-order valence-corrected chi connectivity index (χ0v) is 20.1. The lowest BCUT2D eigenvalue weighted by Crippen LogP contribution is -2.46. The van der Waals surface area contributed by atoms with Crippen molar-refractivity contribution >= 4 is 17.3 Å². The maximum absolute atomic E-state index is 13.7. The molecule has 1 aliphatic heterocycles. The van der Waals surface area contributed by atoms with Gasteiger partial charge >= 0.3 is 6.03 Å². The number of nitrogens with one attached hydrogen (secondary N) is 1. The molecule has 1 atom stereocenters. The molecule has 6 rings (SSSR count). The van der Waals surface area contributed by atoms with Gasteiger partial charge in [-0.25, -0.2) is 9.18 Å². The van der Waals surface area contributed by atoms with Crippen molar-refractivity contribution < 1.29 is 13.7 Å². The molecule has 36 heavy (non-hydrogen) atoms. The molecule has 0 saturated carbocycles. The van der Waals surface area contributed by atoms with Crippen molar-refractivity contribution in [3.63, 3.8) is 0 Å². The lowest BCUT2D eigenvalue weighted by Gasteiger charge is -2.35. The Bertz CT molecular complexity index is 1510. The first-order chi connectivity index (χ1) is 17.5. The van der Waals surface area contributed by atoms with Crippen molar-refractivity contribution in [1.29, 1.82) is 0 Å². The van der Waals surface area contributed by atoms with Crippen molar-refractivity contribution in [2.45, 2.75) is 39.2 Å². The van der Waals surface area contributed by atoms with Gasteiger partial charge in [0.25, 0.3) is 5.89 Å². The second kappa shape index (κ2) is 8.75. The Balaban J connectivity index is 1.49. The molecule has 3 aromatic carbocycles. The number of aromatic nitrogens is 2. The second-order valence-electron chi connectivity index (χ2n) is 9.37. The first kappa shape index (κ1) is 22.2. The third-order valence-corrected chi connectivity index (χ3v) is 6.96. The van der Waals surface area contributed by atoms with Crippen LogP contribution in [0.25, 0.3) is 17.0 Å². The van der Waals surface area contributed by atoms with Gasteiger partial charge < -0.3 is 9.84 Å². The van der Waals surface area contributed by atoms with Crippen LogP contribution in [0.3, 0.4) is 0 Å². The summed E-state index contributed by atoms with van der Waals surface area (Å²) in [6.45, 7) is 3.89. The first-order valence-electron chi connectivity index (χ1n) is 12.1. The number of aryl methyl sites for hydroxylation is 3. The highest BCUT2D eigenvalue weighted by molar-refractivity contribution is 6.01. The number of hydrogen-bond acceptors (Lipinski definition) is 4. The Labute approximate surface area is 208 Å². The number of rotatable bonds is 4. The summed E-state index contributed by atoms with van der Waals surface area (Å²) in [6.07, 6.45) is 3.20. The lowest BCUT2D eigenvalue weighted by molar-refractivity contribution is 0.244. The molecule has 1 unspecified atom stereocenters. The summed E-state index contributed by atoms with van der Waals surface area (Å²) >= 11 is 0. The third-order valence-electron chi connectivity index (χ3n) is 6.96. The van der Waals surface area contributed by atoms with Crippen molar-refractivity contribution in [2.24, 2.45) is 0 Å². The molecule has 2 amide bonds. The monoisotopic (exact) mass is 480 g/mol. The average molecular weight is 481 g/mol. The first-order valence-corrected chi connectivity index (χ1v) is 12.1. The van der Waals surface area contributed by atoms with E-state index in [1.54, 1.807) is 17.0 Å². The number of carbonyl (C=O) groups excluding carboxylic acids is 1. The summed E-state index contributed by atoms with van der Waals surface area (Å²) in [5.41, 5.74) is 7.42. The number of allylic oxidation sites excluding steroid dienone is 1. The van der Waals surface area contributed by atoms with Crippen molar-refractivity contribution in [2.75, 3.05) is 4.90 Å². The van der Waals surface area contributed by atoms with E-state index in [9.17, 15) is 9.18 Å². The van der Waals surface area contributed by atoms with E-state index in [1.807, 2.05) is 44.2 Å². The summed E-state index contributed by atoms with van der Waals surface area (Å²) in [6, 6.07) is 19.3. The Morgan fingerprint density at radius 2 is 1.81 bits per heavy atom. The highest BCUT2D eigenvalue weighted by Gasteiger charge is 2.36. The molecule has 0 saturated heterocycles. The van der Waals surface area contributed by atoms with E-state index in [-0.39, 0.29) is 11.8 Å². The molecule has 2 aliphatic rings.